The summed E-state index contributed by atoms with van der Waals surface area (Å²) in [6, 6.07) is 7.75. The SMILES string of the molecule is Cc1ccc([N+](=O)[O-])c(Oc2ccc(C)[n+]([O-])c2)c1. The van der Waals surface area contributed by atoms with E-state index in [0.29, 0.717) is 10.4 Å². The number of nitro benzene ring substituents is 1. The van der Waals surface area contributed by atoms with Gasteiger partial charge in [0.2, 0.25) is 11.9 Å². The number of pyridine rings is 1. The van der Waals surface area contributed by atoms with Crippen molar-refractivity contribution >= 4 is 5.69 Å². The lowest BCUT2D eigenvalue weighted by atomic mass is 10.2. The number of rotatable bonds is 3. The Kier molecular flexibility index (Phi) is 3.33. The molecule has 0 saturated heterocycles. The van der Waals surface area contributed by atoms with Crippen molar-refractivity contribution in [3.63, 3.8) is 0 Å². The molecule has 0 spiro atoms. The molecular formula is C13H12N2O4. The minimum atomic E-state index is -0.520. The minimum Gasteiger partial charge on any atom is -0.618 e. The molecule has 0 radical (unpaired) electrons. The van der Waals surface area contributed by atoms with Gasteiger partial charge in [-0.1, -0.05) is 6.07 Å². The Morgan fingerprint density at radius 2 is 1.95 bits per heavy atom. The van der Waals surface area contributed by atoms with Crippen LogP contribution in [0.5, 0.6) is 11.5 Å². The average Bonchev–Trinajstić information content (AvgIpc) is 2.33. The molecule has 19 heavy (non-hydrogen) atoms. The van der Waals surface area contributed by atoms with Crippen LogP contribution in [0.25, 0.3) is 0 Å². The Labute approximate surface area is 109 Å². The summed E-state index contributed by atoms with van der Waals surface area (Å²) < 4.78 is 6.07. The Morgan fingerprint density at radius 3 is 2.58 bits per heavy atom. The fourth-order valence-corrected chi connectivity index (χ4v) is 1.58. The van der Waals surface area contributed by atoms with Gasteiger partial charge in [0.25, 0.3) is 0 Å². The summed E-state index contributed by atoms with van der Waals surface area (Å²) in [7, 11) is 0. The van der Waals surface area contributed by atoms with Gasteiger partial charge in [0.1, 0.15) is 0 Å². The molecular weight excluding hydrogens is 248 g/mol. The Morgan fingerprint density at radius 1 is 1.21 bits per heavy atom. The lowest BCUT2D eigenvalue weighted by Gasteiger charge is -2.07. The van der Waals surface area contributed by atoms with E-state index >= 15 is 0 Å². The molecule has 0 aliphatic carbocycles. The van der Waals surface area contributed by atoms with Crippen molar-refractivity contribution in [2.75, 3.05) is 0 Å². The van der Waals surface area contributed by atoms with Crippen molar-refractivity contribution in [2.45, 2.75) is 13.8 Å². The number of nitrogens with zero attached hydrogens (tertiary/aromatic N) is 2. The fourth-order valence-electron chi connectivity index (χ4n) is 1.58. The maximum absolute atomic E-state index is 11.4. The molecule has 6 nitrogen and oxygen atoms in total. The van der Waals surface area contributed by atoms with E-state index in [4.69, 9.17) is 4.74 Å². The summed E-state index contributed by atoms with van der Waals surface area (Å²) in [6.45, 7) is 3.46. The third kappa shape index (κ3) is 2.79. The van der Waals surface area contributed by atoms with Gasteiger partial charge in [0.05, 0.1) is 4.92 Å². The zero-order valence-corrected chi connectivity index (χ0v) is 10.5. The van der Waals surface area contributed by atoms with Gasteiger partial charge < -0.3 is 9.94 Å². The molecule has 0 amide bonds. The molecule has 1 aromatic heterocycles. The second kappa shape index (κ2) is 4.93. The van der Waals surface area contributed by atoms with Crippen LogP contribution in [-0.2, 0) is 0 Å². The van der Waals surface area contributed by atoms with Crippen LogP contribution < -0.4 is 9.47 Å². The largest absolute Gasteiger partial charge is 0.618 e. The highest BCUT2D eigenvalue weighted by molar-refractivity contribution is 5.49. The highest BCUT2D eigenvalue weighted by Crippen LogP contribution is 2.31. The van der Waals surface area contributed by atoms with Crippen molar-refractivity contribution in [1.29, 1.82) is 0 Å². The summed E-state index contributed by atoms with van der Waals surface area (Å²) in [6.07, 6.45) is 1.24. The molecule has 0 N–H and O–H groups in total. The van der Waals surface area contributed by atoms with Crippen molar-refractivity contribution in [3.8, 4) is 11.5 Å². The molecule has 0 aliphatic heterocycles. The normalized spacial score (nSPS) is 10.2. The van der Waals surface area contributed by atoms with Gasteiger partial charge in [0.15, 0.2) is 11.4 Å². The van der Waals surface area contributed by atoms with Crippen molar-refractivity contribution < 1.29 is 14.4 Å². The number of nitro groups is 1. The van der Waals surface area contributed by atoms with E-state index in [1.54, 1.807) is 38.1 Å². The maximum Gasteiger partial charge on any atom is 0.311 e. The predicted molar refractivity (Wildman–Crippen MR) is 68.0 cm³/mol. The lowest BCUT2D eigenvalue weighted by Crippen LogP contribution is -2.28. The molecule has 2 aromatic rings. The molecule has 0 bridgehead atoms. The summed E-state index contributed by atoms with van der Waals surface area (Å²) in [5.74, 6) is 0.378. The third-order valence-corrected chi connectivity index (χ3v) is 2.62. The summed E-state index contributed by atoms with van der Waals surface area (Å²) in [5.41, 5.74) is 1.22. The smallest absolute Gasteiger partial charge is 0.311 e. The van der Waals surface area contributed by atoms with Gasteiger partial charge in [-0.2, -0.15) is 4.73 Å². The number of aryl methyl sites for hydroxylation is 2. The molecule has 0 fully saturated rings. The summed E-state index contributed by atoms with van der Waals surface area (Å²) in [4.78, 5) is 10.4. The maximum atomic E-state index is 11.4. The van der Waals surface area contributed by atoms with Gasteiger partial charge in [-0.3, -0.25) is 10.1 Å². The van der Waals surface area contributed by atoms with Crippen LogP contribution in [0.3, 0.4) is 0 Å². The first-order chi connectivity index (χ1) is 8.97. The molecule has 1 heterocycles. The second-order valence-corrected chi connectivity index (χ2v) is 4.16. The first-order valence-corrected chi connectivity index (χ1v) is 5.60. The molecule has 0 unspecified atom stereocenters. The van der Waals surface area contributed by atoms with E-state index in [-0.39, 0.29) is 17.2 Å². The monoisotopic (exact) mass is 260 g/mol. The Bertz CT molecular complexity index is 641. The minimum absolute atomic E-state index is 0.119. The van der Waals surface area contributed by atoms with Crippen molar-refractivity contribution in [3.05, 3.63) is 63.1 Å². The highest BCUT2D eigenvalue weighted by Gasteiger charge is 2.16. The first kappa shape index (κ1) is 12.8. The Balaban J connectivity index is 2.39. The molecule has 2 rings (SSSR count). The van der Waals surface area contributed by atoms with Gasteiger partial charge in [-0.15, -0.1) is 0 Å². The van der Waals surface area contributed by atoms with Crippen molar-refractivity contribution in [2.24, 2.45) is 0 Å². The fraction of sp³-hybridized carbons (Fsp3) is 0.154. The molecule has 0 atom stereocenters. The Hall–Kier alpha value is -2.63. The van der Waals surface area contributed by atoms with E-state index in [0.717, 1.165) is 5.56 Å². The molecule has 98 valence electrons. The summed E-state index contributed by atoms with van der Waals surface area (Å²) in [5, 5.41) is 22.3. The quantitative estimate of drug-likeness (QED) is 0.368. The number of ether oxygens (including phenoxy) is 1. The van der Waals surface area contributed by atoms with Gasteiger partial charge in [-0.05, 0) is 24.6 Å². The van der Waals surface area contributed by atoms with E-state index in [9.17, 15) is 15.3 Å². The first-order valence-electron chi connectivity index (χ1n) is 5.60. The standard InChI is InChI=1S/C13H12N2O4/c1-9-3-6-12(15(17)18)13(7-9)19-11-5-4-10(2)14(16)8-11/h3-8H,1-2H3. The second-order valence-electron chi connectivity index (χ2n) is 4.16. The highest BCUT2D eigenvalue weighted by atomic mass is 16.6. The van der Waals surface area contributed by atoms with Crippen molar-refractivity contribution in [1.82, 2.24) is 0 Å². The van der Waals surface area contributed by atoms with Crippen LogP contribution in [0.2, 0.25) is 0 Å². The van der Waals surface area contributed by atoms with Crippen LogP contribution in [0.4, 0.5) is 5.69 Å². The van der Waals surface area contributed by atoms with Gasteiger partial charge in [-0.25, -0.2) is 0 Å². The zero-order chi connectivity index (χ0) is 14.0. The average molecular weight is 260 g/mol. The van der Waals surface area contributed by atoms with Crippen LogP contribution in [0, 0.1) is 29.2 Å². The van der Waals surface area contributed by atoms with Crippen LogP contribution >= 0.6 is 0 Å². The van der Waals surface area contributed by atoms with E-state index in [2.05, 4.69) is 0 Å². The van der Waals surface area contributed by atoms with Crippen LogP contribution in [-0.4, -0.2) is 4.92 Å². The lowest BCUT2D eigenvalue weighted by molar-refractivity contribution is -0.612. The number of aromatic nitrogens is 1. The van der Waals surface area contributed by atoms with Crippen LogP contribution in [0.15, 0.2) is 36.5 Å². The molecule has 0 aliphatic rings. The van der Waals surface area contributed by atoms with Gasteiger partial charge >= 0.3 is 5.69 Å². The van der Waals surface area contributed by atoms with E-state index < -0.39 is 4.92 Å². The number of benzene rings is 1. The molecule has 6 heteroatoms. The topological polar surface area (TPSA) is 79.3 Å². The van der Waals surface area contributed by atoms with Crippen LogP contribution in [0.1, 0.15) is 11.3 Å². The predicted octanol–water partition coefficient (Wildman–Crippen LogP) is 2.64. The van der Waals surface area contributed by atoms with E-state index in [1.165, 1.54) is 12.3 Å². The number of hydrogen-bond acceptors (Lipinski definition) is 4. The van der Waals surface area contributed by atoms with E-state index in [1.807, 2.05) is 0 Å². The molecule has 1 aromatic carbocycles. The van der Waals surface area contributed by atoms with Gasteiger partial charge in [0, 0.05) is 19.1 Å². The zero-order valence-electron chi connectivity index (χ0n) is 10.5. The third-order valence-electron chi connectivity index (χ3n) is 2.62. The summed E-state index contributed by atoms with van der Waals surface area (Å²) >= 11 is 0. The molecule has 0 saturated carbocycles. The number of hydrogen-bond donors (Lipinski definition) is 0.